The third-order valence-corrected chi connectivity index (χ3v) is 2.76. The van der Waals surface area contributed by atoms with Gasteiger partial charge in [-0.25, -0.2) is 5.43 Å². The van der Waals surface area contributed by atoms with E-state index in [1.54, 1.807) is 13.3 Å². The van der Waals surface area contributed by atoms with Crippen LogP contribution in [0.5, 0.6) is 5.75 Å². The molecule has 1 aromatic carbocycles. The highest BCUT2D eigenvalue weighted by Gasteiger charge is 2.15. The van der Waals surface area contributed by atoms with Crippen LogP contribution < -0.4 is 16.0 Å². The standard InChI is InChI=1S/C10H12N4OS/c1-15-8-4-2-3-7(5-8)10(13-11)9-6-12-16-14-9/h2-6,10,13H,11H2,1H3. The Hall–Kier alpha value is -1.50. The first-order chi connectivity index (χ1) is 7.85. The van der Waals surface area contributed by atoms with Crippen molar-refractivity contribution in [3.8, 4) is 5.75 Å². The maximum Gasteiger partial charge on any atom is 0.119 e. The Balaban J connectivity index is 2.33. The number of nitrogens with two attached hydrogens (primary N) is 1. The number of benzene rings is 1. The molecule has 84 valence electrons. The van der Waals surface area contributed by atoms with Crippen molar-refractivity contribution in [2.24, 2.45) is 5.84 Å². The van der Waals surface area contributed by atoms with E-state index in [1.165, 1.54) is 0 Å². The molecule has 1 atom stereocenters. The van der Waals surface area contributed by atoms with Crippen molar-refractivity contribution in [1.29, 1.82) is 0 Å². The molecule has 0 amide bonds. The molecule has 0 saturated heterocycles. The Bertz CT molecular complexity index is 446. The predicted octanol–water partition coefficient (Wildman–Crippen LogP) is 1.10. The number of hydrogen-bond acceptors (Lipinski definition) is 6. The average Bonchev–Trinajstić information content (AvgIpc) is 2.84. The number of aromatic nitrogens is 2. The van der Waals surface area contributed by atoms with Gasteiger partial charge in [0.15, 0.2) is 0 Å². The minimum Gasteiger partial charge on any atom is -0.497 e. The Morgan fingerprint density at radius 2 is 2.38 bits per heavy atom. The summed E-state index contributed by atoms with van der Waals surface area (Å²) >= 11 is 1.16. The van der Waals surface area contributed by atoms with Crippen molar-refractivity contribution in [3.63, 3.8) is 0 Å². The molecule has 1 heterocycles. The second kappa shape index (κ2) is 5.02. The fraction of sp³-hybridized carbons (Fsp3) is 0.200. The van der Waals surface area contributed by atoms with Crippen LogP contribution in [0.4, 0.5) is 0 Å². The van der Waals surface area contributed by atoms with Gasteiger partial charge in [0.05, 0.1) is 36.8 Å². The molecule has 6 heteroatoms. The zero-order valence-corrected chi connectivity index (χ0v) is 9.57. The van der Waals surface area contributed by atoms with Crippen molar-refractivity contribution in [1.82, 2.24) is 14.2 Å². The lowest BCUT2D eigenvalue weighted by Crippen LogP contribution is -2.29. The second-order valence-electron chi connectivity index (χ2n) is 3.21. The van der Waals surface area contributed by atoms with Crippen LogP contribution in [0.2, 0.25) is 0 Å². The number of methoxy groups -OCH3 is 1. The van der Waals surface area contributed by atoms with E-state index in [4.69, 9.17) is 10.6 Å². The number of rotatable bonds is 4. The smallest absolute Gasteiger partial charge is 0.119 e. The van der Waals surface area contributed by atoms with Gasteiger partial charge in [-0.15, -0.1) is 0 Å². The van der Waals surface area contributed by atoms with Gasteiger partial charge in [-0.1, -0.05) is 12.1 Å². The summed E-state index contributed by atoms with van der Waals surface area (Å²) in [5.41, 5.74) is 4.52. The first-order valence-corrected chi connectivity index (χ1v) is 5.45. The van der Waals surface area contributed by atoms with E-state index >= 15 is 0 Å². The Labute approximate surface area is 97.6 Å². The van der Waals surface area contributed by atoms with Gasteiger partial charge in [0.2, 0.25) is 0 Å². The average molecular weight is 236 g/mol. The molecule has 0 radical (unpaired) electrons. The zero-order valence-electron chi connectivity index (χ0n) is 8.75. The summed E-state index contributed by atoms with van der Waals surface area (Å²) in [5.74, 6) is 6.33. The normalized spacial score (nSPS) is 12.4. The summed E-state index contributed by atoms with van der Waals surface area (Å²) in [5, 5.41) is 0. The summed E-state index contributed by atoms with van der Waals surface area (Å²) < 4.78 is 13.3. The molecule has 5 nitrogen and oxygen atoms in total. The van der Waals surface area contributed by atoms with Crippen LogP contribution >= 0.6 is 11.7 Å². The van der Waals surface area contributed by atoms with Gasteiger partial charge in [0.1, 0.15) is 5.75 Å². The first-order valence-electron chi connectivity index (χ1n) is 4.72. The highest BCUT2D eigenvalue weighted by molar-refractivity contribution is 6.99. The third kappa shape index (κ3) is 2.19. The van der Waals surface area contributed by atoms with Gasteiger partial charge >= 0.3 is 0 Å². The highest BCUT2D eigenvalue weighted by atomic mass is 32.1. The number of hydrogen-bond donors (Lipinski definition) is 2. The zero-order chi connectivity index (χ0) is 11.4. The van der Waals surface area contributed by atoms with Gasteiger partial charge in [0.25, 0.3) is 0 Å². The molecule has 0 aliphatic heterocycles. The van der Waals surface area contributed by atoms with Crippen molar-refractivity contribution in [2.45, 2.75) is 6.04 Å². The van der Waals surface area contributed by atoms with Crippen molar-refractivity contribution < 1.29 is 4.74 Å². The number of ether oxygens (including phenoxy) is 1. The lowest BCUT2D eigenvalue weighted by Gasteiger charge is -2.14. The van der Waals surface area contributed by atoms with Gasteiger partial charge < -0.3 is 4.74 Å². The summed E-state index contributed by atoms with van der Waals surface area (Å²) in [7, 11) is 1.63. The van der Waals surface area contributed by atoms with Crippen LogP contribution in [0.1, 0.15) is 17.3 Å². The molecule has 1 aromatic heterocycles. The summed E-state index contributed by atoms with van der Waals surface area (Å²) in [6.07, 6.45) is 1.70. The molecule has 0 aliphatic carbocycles. The summed E-state index contributed by atoms with van der Waals surface area (Å²) in [6, 6.07) is 7.53. The number of hydrazine groups is 1. The molecule has 0 spiro atoms. The molecule has 0 bridgehead atoms. The molecule has 0 fully saturated rings. The fourth-order valence-corrected chi connectivity index (χ4v) is 1.92. The summed E-state index contributed by atoms with van der Waals surface area (Å²) in [6.45, 7) is 0. The van der Waals surface area contributed by atoms with E-state index in [0.717, 1.165) is 28.7 Å². The van der Waals surface area contributed by atoms with Crippen LogP contribution in [-0.4, -0.2) is 15.9 Å². The molecular formula is C10H12N4OS. The molecule has 2 rings (SSSR count). The quantitative estimate of drug-likeness (QED) is 0.614. The monoisotopic (exact) mass is 236 g/mol. The minimum atomic E-state index is -0.158. The minimum absolute atomic E-state index is 0.158. The Morgan fingerprint density at radius 3 is 3.00 bits per heavy atom. The third-order valence-electron chi connectivity index (χ3n) is 2.27. The van der Waals surface area contributed by atoms with E-state index in [2.05, 4.69) is 14.2 Å². The highest BCUT2D eigenvalue weighted by Crippen LogP contribution is 2.23. The van der Waals surface area contributed by atoms with Gasteiger partial charge in [-0.05, 0) is 17.7 Å². The SMILES string of the molecule is COc1cccc(C(NN)c2cnsn2)c1. The molecule has 0 saturated carbocycles. The number of nitrogens with one attached hydrogen (secondary N) is 1. The lowest BCUT2D eigenvalue weighted by molar-refractivity contribution is 0.413. The molecule has 3 N–H and O–H groups in total. The van der Waals surface area contributed by atoms with Crippen molar-refractivity contribution in [3.05, 3.63) is 41.7 Å². The van der Waals surface area contributed by atoms with Crippen LogP contribution in [0.15, 0.2) is 30.5 Å². The van der Waals surface area contributed by atoms with Gasteiger partial charge in [-0.3, -0.25) is 5.84 Å². The van der Waals surface area contributed by atoms with Crippen molar-refractivity contribution >= 4 is 11.7 Å². The molecule has 0 aliphatic rings. The predicted molar refractivity (Wildman–Crippen MR) is 62.1 cm³/mol. The first kappa shape index (κ1) is 11.0. The molecule has 16 heavy (non-hydrogen) atoms. The van der Waals surface area contributed by atoms with Crippen LogP contribution in [0, 0.1) is 0 Å². The maximum atomic E-state index is 5.53. The van der Waals surface area contributed by atoms with Crippen LogP contribution in [-0.2, 0) is 0 Å². The van der Waals surface area contributed by atoms with Crippen LogP contribution in [0.25, 0.3) is 0 Å². The van der Waals surface area contributed by atoms with E-state index in [-0.39, 0.29) is 6.04 Å². The van der Waals surface area contributed by atoms with E-state index < -0.39 is 0 Å². The Kier molecular flexibility index (Phi) is 3.45. The molecular weight excluding hydrogens is 224 g/mol. The largest absolute Gasteiger partial charge is 0.497 e. The molecule has 2 aromatic rings. The lowest BCUT2D eigenvalue weighted by atomic mass is 10.0. The van der Waals surface area contributed by atoms with E-state index in [9.17, 15) is 0 Å². The van der Waals surface area contributed by atoms with Gasteiger partial charge in [-0.2, -0.15) is 8.75 Å². The Morgan fingerprint density at radius 1 is 1.50 bits per heavy atom. The molecule has 1 unspecified atom stereocenters. The summed E-state index contributed by atoms with van der Waals surface area (Å²) in [4.78, 5) is 0. The van der Waals surface area contributed by atoms with Crippen LogP contribution in [0.3, 0.4) is 0 Å². The van der Waals surface area contributed by atoms with Gasteiger partial charge in [0, 0.05) is 0 Å². The number of nitrogens with zero attached hydrogens (tertiary/aromatic N) is 2. The topological polar surface area (TPSA) is 73.1 Å². The van der Waals surface area contributed by atoms with Crippen molar-refractivity contribution in [2.75, 3.05) is 7.11 Å². The van der Waals surface area contributed by atoms with E-state index in [0.29, 0.717) is 0 Å². The maximum absolute atomic E-state index is 5.53. The fourth-order valence-electron chi connectivity index (χ4n) is 1.47. The second-order valence-corrected chi connectivity index (χ2v) is 3.77. The van der Waals surface area contributed by atoms with E-state index in [1.807, 2.05) is 24.3 Å².